The standard InChI is InChI=1S/C22H25FN2O4/c1-28-19-4-2-3-5-20(19)29-15-22(27)25(18-10-11-18)13-12-21(26)24-14-16-6-8-17(23)9-7-16/h2-9,18H,10-15H2,1H3,(H,24,26). The van der Waals surface area contributed by atoms with Gasteiger partial charge in [0.25, 0.3) is 5.91 Å². The van der Waals surface area contributed by atoms with Gasteiger partial charge in [0.05, 0.1) is 7.11 Å². The monoisotopic (exact) mass is 400 g/mol. The van der Waals surface area contributed by atoms with E-state index in [-0.39, 0.29) is 36.7 Å². The third-order valence-corrected chi connectivity index (χ3v) is 4.71. The van der Waals surface area contributed by atoms with E-state index in [0.29, 0.717) is 24.6 Å². The van der Waals surface area contributed by atoms with Crippen molar-refractivity contribution < 1.29 is 23.5 Å². The maximum absolute atomic E-state index is 12.9. The van der Waals surface area contributed by atoms with E-state index in [9.17, 15) is 14.0 Å². The molecule has 1 aliphatic rings. The van der Waals surface area contributed by atoms with Crippen LogP contribution in [0.3, 0.4) is 0 Å². The van der Waals surface area contributed by atoms with E-state index in [0.717, 1.165) is 18.4 Å². The summed E-state index contributed by atoms with van der Waals surface area (Å²) in [6.07, 6.45) is 2.09. The molecule has 0 radical (unpaired) electrons. The predicted molar refractivity (Wildman–Crippen MR) is 106 cm³/mol. The molecule has 0 aromatic heterocycles. The van der Waals surface area contributed by atoms with Crippen molar-refractivity contribution in [2.45, 2.75) is 31.8 Å². The van der Waals surface area contributed by atoms with Crippen LogP contribution in [0.25, 0.3) is 0 Å². The quantitative estimate of drug-likeness (QED) is 0.666. The summed E-state index contributed by atoms with van der Waals surface area (Å²) >= 11 is 0. The summed E-state index contributed by atoms with van der Waals surface area (Å²) in [4.78, 5) is 26.5. The largest absolute Gasteiger partial charge is 0.493 e. The fourth-order valence-electron chi connectivity index (χ4n) is 2.97. The first kappa shape index (κ1) is 20.6. The Labute approximate surface area is 169 Å². The zero-order valence-electron chi connectivity index (χ0n) is 16.4. The highest BCUT2D eigenvalue weighted by atomic mass is 19.1. The Balaban J connectivity index is 1.46. The van der Waals surface area contributed by atoms with E-state index in [1.165, 1.54) is 12.1 Å². The maximum Gasteiger partial charge on any atom is 0.260 e. The molecular weight excluding hydrogens is 375 g/mol. The highest BCUT2D eigenvalue weighted by Crippen LogP contribution is 2.28. The summed E-state index contributed by atoms with van der Waals surface area (Å²) in [6, 6.07) is 13.3. The van der Waals surface area contributed by atoms with Crippen molar-refractivity contribution in [1.82, 2.24) is 10.2 Å². The molecule has 154 valence electrons. The fraction of sp³-hybridized carbons (Fsp3) is 0.364. The van der Waals surface area contributed by atoms with Crippen LogP contribution < -0.4 is 14.8 Å². The van der Waals surface area contributed by atoms with Gasteiger partial charge in [0.2, 0.25) is 5.91 Å². The molecule has 1 saturated carbocycles. The van der Waals surface area contributed by atoms with Crippen molar-refractivity contribution in [1.29, 1.82) is 0 Å². The number of amides is 2. The molecule has 1 fully saturated rings. The highest BCUT2D eigenvalue weighted by molar-refractivity contribution is 5.80. The fourth-order valence-corrected chi connectivity index (χ4v) is 2.97. The molecule has 0 bridgehead atoms. The molecule has 29 heavy (non-hydrogen) atoms. The number of carbonyl (C=O) groups excluding carboxylic acids is 2. The summed E-state index contributed by atoms with van der Waals surface area (Å²) in [5.41, 5.74) is 0.820. The van der Waals surface area contributed by atoms with Crippen LogP contribution in [-0.2, 0) is 16.1 Å². The normalized spacial score (nSPS) is 12.9. The molecule has 3 rings (SSSR count). The number of methoxy groups -OCH3 is 1. The van der Waals surface area contributed by atoms with E-state index in [4.69, 9.17) is 9.47 Å². The molecule has 7 heteroatoms. The number of nitrogens with zero attached hydrogens (tertiary/aromatic N) is 1. The van der Waals surface area contributed by atoms with Crippen LogP contribution in [0.15, 0.2) is 48.5 Å². The van der Waals surface area contributed by atoms with Gasteiger partial charge in [-0.2, -0.15) is 0 Å². The Kier molecular flexibility index (Phi) is 7.05. The lowest BCUT2D eigenvalue weighted by Crippen LogP contribution is -2.39. The van der Waals surface area contributed by atoms with Gasteiger partial charge in [-0.15, -0.1) is 0 Å². The molecule has 2 amide bonds. The van der Waals surface area contributed by atoms with E-state index in [1.54, 1.807) is 36.3 Å². The third-order valence-electron chi connectivity index (χ3n) is 4.71. The van der Waals surface area contributed by atoms with Gasteiger partial charge in [-0.25, -0.2) is 4.39 Å². The molecule has 0 heterocycles. The first-order valence-corrected chi connectivity index (χ1v) is 9.63. The van der Waals surface area contributed by atoms with Crippen LogP contribution in [0.5, 0.6) is 11.5 Å². The van der Waals surface area contributed by atoms with Gasteiger partial charge in [-0.1, -0.05) is 24.3 Å². The molecule has 6 nitrogen and oxygen atoms in total. The number of hydrogen-bond acceptors (Lipinski definition) is 4. The minimum atomic E-state index is -0.311. The predicted octanol–water partition coefficient (Wildman–Crippen LogP) is 2.91. The van der Waals surface area contributed by atoms with Crippen LogP contribution in [0, 0.1) is 5.82 Å². The lowest BCUT2D eigenvalue weighted by atomic mass is 10.2. The van der Waals surface area contributed by atoms with Crippen LogP contribution >= 0.6 is 0 Å². The molecule has 1 N–H and O–H groups in total. The Morgan fingerprint density at radius 3 is 2.45 bits per heavy atom. The van der Waals surface area contributed by atoms with Crippen molar-refractivity contribution >= 4 is 11.8 Å². The first-order chi connectivity index (χ1) is 14.1. The average molecular weight is 400 g/mol. The number of nitrogens with one attached hydrogen (secondary N) is 1. The lowest BCUT2D eigenvalue weighted by molar-refractivity contribution is -0.134. The van der Waals surface area contributed by atoms with Crippen molar-refractivity contribution in [2.75, 3.05) is 20.3 Å². The second-order valence-corrected chi connectivity index (χ2v) is 6.91. The zero-order chi connectivity index (χ0) is 20.6. The Bertz CT molecular complexity index is 837. The smallest absolute Gasteiger partial charge is 0.260 e. The number of carbonyl (C=O) groups is 2. The lowest BCUT2D eigenvalue weighted by Gasteiger charge is -2.22. The van der Waals surface area contributed by atoms with Gasteiger partial charge in [0, 0.05) is 25.6 Å². The van der Waals surface area contributed by atoms with Gasteiger partial charge in [0.1, 0.15) is 5.82 Å². The number of hydrogen-bond donors (Lipinski definition) is 1. The Morgan fingerprint density at radius 1 is 1.10 bits per heavy atom. The number of rotatable bonds is 10. The van der Waals surface area contributed by atoms with Gasteiger partial charge in [0.15, 0.2) is 18.1 Å². The van der Waals surface area contributed by atoms with Crippen LogP contribution in [0.2, 0.25) is 0 Å². The van der Waals surface area contributed by atoms with E-state index in [2.05, 4.69) is 5.32 Å². The van der Waals surface area contributed by atoms with Crippen molar-refractivity contribution in [2.24, 2.45) is 0 Å². The molecule has 2 aromatic rings. The maximum atomic E-state index is 12.9. The van der Waals surface area contributed by atoms with Gasteiger partial charge >= 0.3 is 0 Å². The number of halogens is 1. The Morgan fingerprint density at radius 2 is 1.79 bits per heavy atom. The summed E-state index contributed by atoms with van der Waals surface area (Å²) < 4.78 is 23.8. The molecule has 0 spiro atoms. The van der Waals surface area contributed by atoms with E-state index < -0.39 is 0 Å². The number of benzene rings is 2. The summed E-state index contributed by atoms with van der Waals surface area (Å²) in [5.74, 6) is 0.465. The Hall–Kier alpha value is -3.09. The first-order valence-electron chi connectivity index (χ1n) is 9.63. The van der Waals surface area contributed by atoms with Gasteiger partial charge in [-0.05, 0) is 42.7 Å². The second kappa shape index (κ2) is 9.91. The minimum absolute atomic E-state index is 0.103. The van der Waals surface area contributed by atoms with E-state index in [1.807, 2.05) is 12.1 Å². The second-order valence-electron chi connectivity index (χ2n) is 6.91. The van der Waals surface area contributed by atoms with Gasteiger partial charge in [-0.3, -0.25) is 9.59 Å². The van der Waals surface area contributed by atoms with Gasteiger partial charge < -0.3 is 19.7 Å². The van der Waals surface area contributed by atoms with Crippen molar-refractivity contribution in [3.63, 3.8) is 0 Å². The molecule has 0 unspecified atom stereocenters. The molecule has 0 atom stereocenters. The summed E-state index contributed by atoms with van der Waals surface area (Å²) in [7, 11) is 1.55. The molecule has 2 aromatic carbocycles. The van der Waals surface area contributed by atoms with Crippen molar-refractivity contribution in [3.05, 3.63) is 59.9 Å². The number of ether oxygens (including phenoxy) is 2. The van der Waals surface area contributed by atoms with Crippen molar-refractivity contribution in [3.8, 4) is 11.5 Å². The topological polar surface area (TPSA) is 67.9 Å². The summed E-state index contributed by atoms with van der Waals surface area (Å²) in [5, 5.41) is 2.80. The third kappa shape index (κ3) is 6.20. The van der Waals surface area contributed by atoms with Crippen LogP contribution in [-0.4, -0.2) is 43.0 Å². The summed E-state index contributed by atoms with van der Waals surface area (Å²) in [6.45, 7) is 0.565. The highest BCUT2D eigenvalue weighted by Gasteiger charge is 2.32. The number of para-hydroxylation sites is 2. The van der Waals surface area contributed by atoms with Crippen LogP contribution in [0.1, 0.15) is 24.8 Å². The SMILES string of the molecule is COc1ccccc1OCC(=O)N(CCC(=O)NCc1ccc(F)cc1)C1CC1. The van der Waals surface area contributed by atoms with E-state index >= 15 is 0 Å². The van der Waals surface area contributed by atoms with Crippen LogP contribution in [0.4, 0.5) is 4.39 Å². The average Bonchev–Trinajstić information content (AvgIpc) is 3.57. The molecule has 0 aliphatic heterocycles. The zero-order valence-corrected chi connectivity index (χ0v) is 16.4. The minimum Gasteiger partial charge on any atom is -0.493 e. The molecule has 0 saturated heterocycles. The molecule has 1 aliphatic carbocycles. The molecular formula is C22H25FN2O4.